The molecule has 0 unspecified atom stereocenters. The first-order valence-corrected chi connectivity index (χ1v) is 10.3. The van der Waals surface area contributed by atoms with E-state index in [4.69, 9.17) is 4.42 Å². The number of hydrogen-bond acceptors (Lipinski definition) is 4. The predicted octanol–water partition coefficient (Wildman–Crippen LogP) is 2.68. The molecule has 24 heavy (non-hydrogen) atoms. The lowest BCUT2D eigenvalue weighted by Crippen LogP contribution is -2.28. The fraction of sp³-hybridized carbons (Fsp3) is 0.706. The average Bonchev–Trinajstić information content (AvgIpc) is 3.28. The van der Waals surface area contributed by atoms with E-state index >= 15 is 0 Å². The highest BCUT2D eigenvalue weighted by molar-refractivity contribution is 7.89. The molecule has 1 aliphatic heterocycles. The van der Waals surface area contributed by atoms with Crippen LogP contribution >= 0.6 is 0 Å². The third-order valence-electron chi connectivity index (χ3n) is 5.09. The second kappa shape index (κ2) is 7.27. The van der Waals surface area contributed by atoms with E-state index in [9.17, 15) is 13.2 Å². The van der Waals surface area contributed by atoms with Crippen molar-refractivity contribution in [2.24, 2.45) is 5.92 Å². The number of nitrogens with zero attached hydrogens (tertiary/aromatic N) is 1. The standard InChI is InChI=1S/C17H26N2O4S/c1-13-16(24(21,22)19-10-4-5-11-19)12-15(23-13)17(20)18-9-8-14-6-2-3-7-14/h12,14H,2-11H2,1H3,(H,18,20). The molecule has 1 saturated heterocycles. The molecule has 0 radical (unpaired) electrons. The first-order valence-electron chi connectivity index (χ1n) is 8.87. The van der Waals surface area contributed by atoms with Gasteiger partial charge in [-0.15, -0.1) is 0 Å². The van der Waals surface area contributed by atoms with Crippen LogP contribution < -0.4 is 5.32 Å². The Morgan fingerprint density at radius 2 is 1.92 bits per heavy atom. The van der Waals surface area contributed by atoms with E-state index in [1.54, 1.807) is 6.92 Å². The van der Waals surface area contributed by atoms with Gasteiger partial charge in [-0.25, -0.2) is 8.42 Å². The van der Waals surface area contributed by atoms with Gasteiger partial charge in [0.2, 0.25) is 10.0 Å². The Labute approximate surface area is 143 Å². The van der Waals surface area contributed by atoms with Crippen LogP contribution in [0.2, 0.25) is 0 Å². The van der Waals surface area contributed by atoms with E-state index in [0.717, 1.165) is 19.3 Å². The molecule has 1 aliphatic carbocycles. The number of carbonyl (C=O) groups excluding carboxylic acids is 1. The van der Waals surface area contributed by atoms with Gasteiger partial charge in [0.1, 0.15) is 10.7 Å². The van der Waals surface area contributed by atoms with Gasteiger partial charge >= 0.3 is 0 Å². The Morgan fingerprint density at radius 3 is 2.58 bits per heavy atom. The molecule has 7 heteroatoms. The summed E-state index contributed by atoms with van der Waals surface area (Å²) < 4.78 is 32.1. The SMILES string of the molecule is Cc1oc(C(=O)NCCC2CCCC2)cc1S(=O)(=O)N1CCCC1. The molecule has 6 nitrogen and oxygen atoms in total. The first kappa shape index (κ1) is 17.5. The van der Waals surface area contributed by atoms with Crippen molar-refractivity contribution in [1.29, 1.82) is 0 Å². The van der Waals surface area contributed by atoms with Crippen LogP contribution in [0.15, 0.2) is 15.4 Å². The minimum Gasteiger partial charge on any atom is -0.455 e. The lowest BCUT2D eigenvalue weighted by Gasteiger charge is -2.14. The van der Waals surface area contributed by atoms with Crippen molar-refractivity contribution >= 4 is 15.9 Å². The number of rotatable bonds is 6. The van der Waals surface area contributed by atoms with Crippen molar-refractivity contribution in [1.82, 2.24) is 9.62 Å². The summed E-state index contributed by atoms with van der Waals surface area (Å²) in [5.41, 5.74) is 0. The Morgan fingerprint density at radius 1 is 1.25 bits per heavy atom. The second-order valence-electron chi connectivity index (χ2n) is 6.84. The molecule has 2 heterocycles. The summed E-state index contributed by atoms with van der Waals surface area (Å²) in [6, 6.07) is 1.37. The molecule has 0 aromatic carbocycles. The monoisotopic (exact) mass is 354 g/mol. The lowest BCUT2D eigenvalue weighted by molar-refractivity contribution is 0.0922. The van der Waals surface area contributed by atoms with Gasteiger partial charge in [-0.1, -0.05) is 25.7 Å². The van der Waals surface area contributed by atoms with E-state index in [1.165, 1.54) is 36.1 Å². The normalized spacial score (nSPS) is 19.9. The van der Waals surface area contributed by atoms with Gasteiger partial charge in [-0.3, -0.25) is 4.79 Å². The topological polar surface area (TPSA) is 79.6 Å². The molecule has 134 valence electrons. The van der Waals surface area contributed by atoms with Crippen LogP contribution in [0.4, 0.5) is 0 Å². The van der Waals surface area contributed by atoms with Crippen LogP contribution in [-0.4, -0.2) is 38.3 Å². The summed E-state index contributed by atoms with van der Waals surface area (Å²) in [7, 11) is -3.56. The number of nitrogens with one attached hydrogen (secondary N) is 1. The summed E-state index contributed by atoms with van der Waals surface area (Å²) in [5, 5.41) is 2.85. The van der Waals surface area contributed by atoms with Crippen molar-refractivity contribution in [2.45, 2.75) is 56.8 Å². The summed E-state index contributed by atoms with van der Waals surface area (Å²) in [5.74, 6) is 0.730. The zero-order valence-corrected chi connectivity index (χ0v) is 15.0. The molecule has 2 aliphatic rings. The molecule has 0 atom stereocenters. The first-order chi connectivity index (χ1) is 11.5. The molecule has 0 bridgehead atoms. The molecule has 2 fully saturated rings. The maximum Gasteiger partial charge on any atom is 0.287 e. The van der Waals surface area contributed by atoms with Crippen LogP contribution in [-0.2, 0) is 10.0 Å². The minimum absolute atomic E-state index is 0.0803. The predicted molar refractivity (Wildman–Crippen MR) is 90.3 cm³/mol. The van der Waals surface area contributed by atoms with Crippen LogP contribution in [0.25, 0.3) is 0 Å². The molecule has 1 saturated carbocycles. The minimum atomic E-state index is -3.56. The molecule has 1 N–H and O–H groups in total. The van der Waals surface area contributed by atoms with Crippen molar-refractivity contribution in [3.05, 3.63) is 17.6 Å². The highest BCUT2D eigenvalue weighted by Crippen LogP contribution is 2.28. The third-order valence-corrected chi connectivity index (χ3v) is 7.10. The number of hydrogen-bond donors (Lipinski definition) is 1. The Bertz CT molecular complexity index is 683. The quantitative estimate of drug-likeness (QED) is 0.852. The van der Waals surface area contributed by atoms with E-state index in [2.05, 4.69) is 5.32 Å². The van der Waals surface area contributed by atoms with Gasteiger partial charge in [0.05, 0.1) is 0 Å². The highest BCUT2D eigenvalue weighted by atomic mass is 32.2. The van der Waals surface area contributed by atoms with E-state index in [1.807, 2.05) is 0 Å². The summed E-state index contributed by atoms with van der Waals surface area (Å²) in [6.45, 7) is 3.28. The maximum atomic E-state index is 12.6. The Hall–Kier alpha value is -1.34. The zero-order chi connectivity index (χ0) is 17.2. The van der Waals surface area contributed by atoms with Crippen LogP contribution in [0.5, 0.6) is 0 Å². The van der Waals surface area contributed by atoms with E-state index in [0.29, 0.717) is 25.6 Å². The molecule has 1 aromatic rings. The van der Waals surface area contributed by atoms with Crippen molar-refractivity contribution in [3.8, 4) is 0 Å². The largest absolute Gasteiger partial charge is 0.455 e. The fourth-order valence-electron chi connectivity index (χ4n) is 3.68. The molecular weight excluding hydrogens is 328 g/mol. The molecule has 1 amide bonds. The molecule has 1 aromatic heterocycles. The number of furan rings is 1. The Balaban J connectivity index is 1.63. The molecular formula is C17H26N2O4S. The second-order valence-corrected chi connectivity index (χ2v) is 8.74. The van der Waals surface area contributed by atoms with Crippen molar-refractivity contribution < 1.29 is 17.6 Å². The van der Waals surface area contributed by atoms with Crippen molar-refractivity contribution in [3.63, 3.8) is 0 Å². The number of amides is 1. The highest BCUT2D eigenvalue weighted by Gasteiger charge is 2.31. The van der Waals surface area contributed by atoms with Gasteiger partial charge in [0, 0.05) is 25.7 Å². The summed E-state index contributed by atoms with van der Waals surface area (Å²) >= 11 is 0. The van der Waals surface area contributed by atoms with Crippen molar-refractivity contribution in [2.75, 3.05) is 19.6 Å². The number of carbonyl (C=O) groups is 1. The van der Waals surface area contributed by atoms with E-state index < -0.39 is 10.0 Å². The van der Waals surface area contributed by atoms with E-state index in [-0.39, 0.29) is 22.3 Å². The smallest absolute Gasteiger partial charge is 0.287 e. The zero-order valence-electron chi connectivity index (χ0n) is 14.2. The van der Waals surface area contributed by atoms with Crippen LogP contribution in [0.3, 0.4) is 0 Å². The van der Waals surface area contributed by atoms with Crippen LogP contribution in [0, 0.1) is 12.8 Å². The lowest BCUT2D eigenvalue weighted by atomic mass is 10.0. The van der Waals surface area contributed by atoms with Gasteiger partial charge in [-0.05, 0) is 32.1 Å². The number of sulfonamides is 1. The average molecular weight is 354 g/mol. The Kier molecular flexibility index (Phi) is 5.30. The number of aryl methyl sites for hydroxylation is 1. The molecule has 0 spiro atoms. The fourth-order valence-corrected chi connectivity index (χ4v) is 5.35. The van der Waals surface area contributed by atoms with Gasteiger partial charge in [-0.2, -0.15) is 4.31 Å². The summed E-state index contributed by atoms with van der Waals surface area (Å²) in [6.07, 6.45) is 7.79. The van der Waals surface area contributed by atoms with Gasteiger partial charge < -0.3 is 9.73 Å². The van der Waals surface area contributed by atoms with Gasteiger partial charge in [0.15, 0.2) is 5.76 Å². The van der Waals surface area contributed by atoms with Crippen LogP contribution in [0.1, 0.15) is 61.3 Å². The third kappa shape index (κ3) is 3.67. The maximum absolute atomic E-state index is 12.6. The van der Waals surface area contributed by atoms with Gasteiger partial charge in [0.25, 0.3) is 5.91 Å². The molecule has 3 rings (SSSR count). The summed E-state index contributed by atoms with van der Waals surface area (Å²) in [4.78, 5) is 12.3.